The maximum Gasteiger partial charge on any atom is 0.261 e. The summed E-state index contributed by atoms with van der Waals surface area (Å²) in [7, 11) is -3.69. The molecule has 0 heterocycles. The van der Waals surface area contributed by atoms with Crippen LogP contribution in [0.15, 0.2) is 53.4 Å². The number of nitrogens with one attached hydrogen (secondary N) is 2. The highest BCUT2D eigenvalue weighted by atomic mass is 32.2. The van der Waals surface area contributed by atoms with E-state index in [1.165, 1.54) is 24.3 Å². The van der Waals surface area contributed by atoms with Gasteiger partial charge in [0.15, 0.2) is 6.61 Å². The van der Waals surface area contributed by atoms with Gasteiger partial charge in [0, 0.05) is 5.54 Å². The molecule has 2 N–H and O–H groups in total. The molecule has 0 atom stereocenters. The average molecular weight is 376 g/mol. The van der Waals surface area contributed by atoms with Crippen molar-refractivity contribution in [1.29, 1.82) is 0 Å². The Kier molecular flexibility index (Phi) is 5.92. The highest BCUT2D eigenvalue weighted by Crippen LogP contribution is 2.21. The second-order valence-corrected chi connectivity index (χ2v) is 8.66. The summed E-state index contributed by atoms with van der Waals surface area (Å²) in [4.78, 5) is 11.9. The molecule has 0 spiro atoms. The van der Waals surface area contributed by atoms with E-state index in [-0.39, 0.29) is 22.9 Å². The number of benzene rings is 2. The van der Waals surface area contributed by atoms with E-state index in [2.05, 4.69) is 10.0 Å². The molecule has 0 saturated carbocycles. The number of ether oxygens (including phenoxy) is 1. The van der Waals surface area contributed by atoms with Gasteiger partial charge in [0.2, 0.25) is 0 Å². The zero-order chi connectivity index (χ0) is 19.4. The van der Waals surface area contributed by atoms with Gasteiger partial charge in [0.1, 0.15) is 5.75 Å². The van der Waals surface area contributed by atoms with Crippen LogP contribution in [0.5, 0.6) is 5.75 Å². The van der Waals surface area contributed by atoms with Gasteiger partial charge in [-0.2, -0.15) is 0 Å². The van der Waals surface area contributed by atoms with Crippen LogP contribution >= 0.6 is 0 Å². The maximum absolute atomic E-state index is 12.5. The van der Waals surface area contributed by atoms with Crippen LogP contribution in [0.4, 0.5) is 5.69 Å². The highest BCUT2D eigenvalue weighted by molar-refractivity contribution is 7.92. The van der Waals surface area contributed by atoms with Crippen molar-refractivity contribution in [2.45, 2.75) is 38.1 Å². The third-order valence-electron chi connectivity index (χ3n) is 3.41. The fourth-order valence-electron chi connectivity index (χ4n) is 2.21. The molecule has 0 aliphatic rings. The SMILES string of the molecule is Cc1ccccc1NS(=O)(=O)c1ccc(OCC(=O)NC(C)(C)C)cc1. The van der Waals surface area contributed by atoms with Crippen molar-refractivity contribution in [3.05, 3.63) is 54.1 Å². The zero-order valence-electron chi connectivity index (χ0n) is 15.4. The van der Waals surface area contributed by atoms with E-state index >= 15 is 0 Å². The molecule has 26 heavy (non-hydrogen) atoms. The number of sulfonamides is 1. The van der Waals surface area contributed by atoms with Crippen molar-refractivity contribution in [3.63, 3.8) is 0 Å². The van der Waals surface area contributed by atoms with Gasteiger partial charge < -0.3 is 10.1 Å². The quantitative estimate of drug-likeness (QED) is 0.811. The predicted molar refractivity (Wildman–Crippen MR) is 102 cm³/mol. The lowest BCUT2D eigenvalue weighted by Crippen LogP contribution is -2.43. The minimum Gasteiger partial charge on any atom is -0.484 e. The van der Waals surface area contributed by atoms with E-state index in [0.717, 1.165) is 5.56 Å². The number of hydrogen-bond donors (Lipinski definition) is 2. The number of carbonyl (C=O) groups excluding carboxylic acids is 1. The van der Waals surface area contributed by atoms with Gasteiger partial charge >= 0.3 is 0 Å². The van der Waals surface area contributed by atoms with Gasteiger partial charge in [-0.3, -0.25) is 9.52 Å². The van der Waals surface area contributed by atoms with E-state index in [0.29, 0.717) is 11.4 Å². The van der Waals surface area contributed by atoms with Crippen LogP contribution in [-0.2, 0) is 14.8 Å². The van der Waals surface area contributed by atoms with E-state index in [1.807, 2.05) is 39.8 Å². The third-order valence-corrected chi connectivity index (χ3v) is 4.79. The minimum absolute atomic E-state index is 0.118. The molecule has 140 valence electrons. The molecule has 0 saturated heterocycles. The molecular weight excluding hydrogens is 352 g/mol. The van der Waals surface area contributed by atoms with E-state index in [4.69, 9.17) is 4.74 Å². The zero-order valence-corrected chi connectivity index (χ0v) is 16.2. The van der Waals surface area contributed by atoms with Crippen LogP contribution in [-0.4, -0.2) is 26.5 Å². The second kappa shape index (κ2) is 7.78. The van der Waals surface area contributed by atoms with Crippen molar-refractivity contribution in [3.8, 4) is 5.75 Å². The van der Waals surface area contributed by atoms with Crippen LogP contribution in [0.2, 0.25) is 0 Å². The Morgan fingerprint density at radius 2 is 1.65 bits per heavy atom. The first-order valence-corrected chi connectivity index (χ1v) is 9.67. The third kappa shape index (κ3) is 5.77. The van der Waals surface area contributed by atoms with Crippen molar-refractivity contribution >= 4 is 21.6 Å². The number of anilines is 1. The fraction of sp³-hybridized carbons (Fsp3) is 0.316. The van der Waals surface area contributed by atoms with Gasteiger partial charge in [-0.15, -0.1) is 0 Å². The van der Waals surface area contributed by atoms with Crippen molar-refractivity contribution in [2.75, 3.05) is 11.3 Å². The van der Waals surface area contributed by atoms with Crippen LogP contribution in [0, 0.1) is 6.92 Å². The number of aryl methyl sites for hydroxylation is 1. The van der Waals surface area contributed by atoms with Crippen molar-refractivity contribution in [2.24, 2.45) is 0 Å². The largest absolute Gasteiger partial charge is 0.484 e. The van der Waals surface area contributed by atoms with Crippen LogP contribution in [0.1, 0.15) is 26.3 Å². The standard InChI is InChI=1S/C19H24N2O4S/c1-14-7-5-6-8-17(14)21-26(23,24)16-11-9-15(10-12-16)25-13-18(22)20-19(2,3)4/h5-12,21H,13H2,1-4H3,(H,20,22). The molecule has 0 aliphatic carbocycles. The monoisotopic (exact) mass is 376 g/mol. The molecule has 7 heteroatoms. The van der Waals surface area contributed by atoms with Gasteiger partial charge in [0.25, 0.3) is 15.9 Å². The molecule has 0 fully saturated rings. The smallest absolute Gasteiger partial charge is 0.261 e. The summed E-state index contributed by atoms with van der Waals surface area (Å²) in [5.74, 6) is 0.180. The summed E-state index contributed by atoms with van der Waals surface area (Å²) in [6.45, 7) is 7.34. The van der Waals surface area contributed by atoms with Crippen LogP contribution in [0.3, 0.4) is 0 Å². The Morgan fingerprint density at radius 3 is 2.23 bits per heavy atom. The Balaban J connectivity index is 2.02. The van der Waals surface area contributed by atoms with E-state index in [1.54, 1.807) is 12.1 Å². The van der Waals surface area contributed by atoms with Crippen LogP contribution < -0.4 is 14.8 Å². The molecule has 2 aromatic rings. The highest BCUT2D eigenvalue weighted by Gasteiger charge is 2.16. The molecule has 2 aromatic carbocycles. The van der Waals surface area contributed by atoms with E-state index in [9.17, 15) is 13.2 Å². The maximum atomic E-state index is 12.5. The average Bonchev–Trinajstić information content (AvgIpc) is 2.54. The molecule has 0 aliphatic heterocycles. The first-order chi connectivity index (χ1) is 12.1. The first-order valence-electron chi connectivity index (χ1n) is 8.19. The number of amides is 1. The number of carbonyl (C=O) groups is 1. The lowest BCUT2D eigenvalue weighted by Gasteiger charge is -2.20. The predicted octanol–water partition coefficient (Wildman–Crippen LogP) is 3.09. The fourth-order valence-corrected chi connectivity index (χ4v) is 3.34. The van der Waals surface area contributed by atoms with Gasteiger partial charge in [-0.05, 0) is 63.6 Å². The normalized spacial score (nSPS) is 11.7. The topological polar surface area (TPSA) is 84.5 Å². The first kappa shape index (κ1) is 19.8. The number of hydrogen-bond acceptors (Lipinski definition) is 4. The van der Waals surface area contributed by atoms with E-state index < -0.39 is 10.0 Å². The Morgan fingerprint density at radius 1 is 1.04 bits per heavy atom. The number of para-hydroxylation sites is 1. The summed E-state index contributed by atoms with van der Waals surface area (Å²) in [6.07, 6.45) is 0. The molecule has 0 radical (unpaired) electrons. The molecule has 0 bridgehead atoms. The number of rotatable bonds is 6. The molecule has 0 unspecified atom stereocenters. The van der Waals surface area contributed by atoms with Crippen LogP contribution in [0.25, 0.3) is 0 Å². The van der Waals surface area contributed by atoms with Crippen molar-refractivity contribution in [1.82, 2.24) is 5.32 Å². The lowest BCUT2D eigenvalue weighted by atomic mass is 10.1. The van der Waals surface area contributed by atoms with Gasteiger partial charge in [-0.1, -0.05) is 18.2 Å². The Labute approximate surface area is 154 Å². The Bertz CT molecular complexity index is 869. The second-order valence-electron chi connectivity index (χ2n) is 6.98. The summed E-state index contributed by atoms with van der Waals surface area (Å²) < 4.78 is 32.9. The molecular formula is C19H24N2O4S. The molecule has 6 nitrogen and oxygen atoms in total. The van der Waals surface area contributed by atoms with Gasteiger partial charge in [-0.25, -0.2) is 8.42 Å². The summed E-state index contributed by atoms with van der Waals surface area (Å²) in [6, 6.07) is 13.1. The minimum atomic E-state index is -3.69. The molecule has 0 aromatic heterocycles. The van der Waals surface area contributed by atoms with Gasteiger partial charge in [0.05, 0.1) is 10.6 Å². The summed E-state index contributed by atoms with van der Waals surface area (Å²) >= 11 is 0. The summed E-state index contributed by atoms with van der Waals surface area (Å²) in [5.41, 5.74) is 1.03. The van der Waals surface area contributed by atoms with Crippen molar-refractivity contribution < 1.29 is 17.9 Å². The molecule has 1 amide bonds. The Hall–Kier alpha value is -2.54. The molecule has 2 rings (SSSR count). The lowest BCUT2D eigenvalue weighted by molar-refractivity contribution is -0.124. The summed E-state index contributed by atoms with van der Waals surface area (Å²) in [5, 5.41) is 2.79.